The Morgan fingerprint density at radius 3 is 1.43 bits per heavy atom. The molecule has 1 aliphatic heterocycles. The van der Waals surface area contributed by atoms with Gasteiger partial charge in [-0.05, 0) is 69.3 Å². The molecule has 3 heteroatoms. The Balaban J connectivity index is 1.36. The van der Waals surface area contributed by atoms with Crippen molar-refractivity contribution >= 4 is 34.9 Å². The first kappa shape index (κ1) is 31.3. The van der Waals surface area contributed by atoms with E-state index in [1.54, 1.807) is 0 Å². The van der Waals surface area contributed by atoms with Gasteiger partial charge in [-0.1, -0.05) is 187 Å². The van der Waals surface area contributed by atoms with Crippen LogP contribution < -0.4 is 5.32 Å². The van der Waals surface area contributed by atoms with Crippen molar-refractivity contribution in [2.24, 2.45) is 0 Å². The van der Waals surface area contributed by atoms with Crippen LogP contribution in [0.15, 0.2) is 214 Å². The molecule has 51 heavy (non-hydrogen) atoms. The summed E-state index contributed by atoms with van der Waals surface area (Å²) in [7, 11) is 0. The maximum atomic E-state index is 3.87. The van der Waals surface area contributed by atoms with Gasteiger partial charge in [-0.2, -0.15) is 0 Å². The van der Waals surface area contributed by atoms with Gasteiger partial charge in [0.25, 0.3) is 0 Å². The molecule has 0 atom stereocenters. The fraction of sp³-hybridized carbons (Fsp3) is 0. The van der Waals surface area contributed by atoms with E-state index in [4.69, 9.17) is 0 Å². The van der Waals surface area contributed by atoms with Gasteiger partial charge in [0.15, 0.2) is 0 Å². The van der Waals surface area contributed by atoms with E-state index in [1.807, 2.05) is 23.5 Å². The number of nitrogens with one attached hydrogen (secondary N) is 1. The first-order valence-corrected chi connectivity index (χ1v) is 18.8. The van der Waals surface area contributed by atoms with Crippen LogP contribution in [0.25, 0.3) is 55.6 Å². The van der Waals surface area contributed by atoms with Gasteiger partial charge in [-0.3, -0.25) is 0 Å². The van der Waals surface area contributed by atoms with Crippen LogP contribution in [-0.2, 0) is 0 Å². The molecule has 0 bridgehead atoms. The summed E-state index contributed by atoms with van der Waals surface area (Å²) in [4.78, 5) is 4.96. The van der Waals surface area contributed by atoms with Crippen molar-refractivity contribution in [2.45, 2.75) is 19.6 Å². The summed E-state index contributed by atoms with van der Waals surface area (Å²) in [5.74, 6) is 0. The smallest absolute Gasteiger partial charge is 0.0544 e. The fourth-order valence-corrected chi connectivity index (χ4v) is 9.39. The highest BCUT2D eigenvalue weighted by atomic mass is 32.2. The first-order valence-electron chi connectivity index (χ1n) is 17.2. The van der Waals surface area contributed by atoms with Crippen LogP contribution >= 0.6 is 23.5 Å². The zero-order valence-electron chi connectivity index (χ0n) is 27.8. The predicted octanol–water partition coefficient (Wildman–Crippen LogP) is 14.4. The van der Waals surface area contributed by atoms with Crippen molar-refractivity contribution in [3.63, 3.8) is 0 Å². The summed E-state index contributed by atoms with van der Waals surface area (Å²) < 4.78 is 0. The van der Waals surface area contributed by atoms with E-state index in [-0.39, 0.29) is 0 Å². The number of para-hydroxylation sites is 2. The highest BCUT2D eigenvalue weighted by Crippen LogP contribution is 2.54. The monoisotopic (exact) mass is 687 g/mol. The van der Waals surface area contributed by atoms with Gasteiger partial charge in [0.1, 0.15) is 0 Å². The second-order valence-electron chi connectivity index (χ2n) is 12.5. The second kappa shape index (κ2) is 13.9. The lowest BCUT2D eigenvalue weighted by Crippen LogP contribution is -1.99. The molecule has 0 radical (unpaired) electrons. The van der Waals surface area contributed by atoms with E-state index in [0.29, 0.717) is 0 Å². The highest BCUT2D eigenvalue weighted by Gasteiger charge is 2.25. The Morgan fingerprint density at radius 2 is 0.745 bits per heavy atom. The standard InChI is InChI=1S/C48H33NS2/c1-4-17-33(18-5-1)36-25-16-32-45-46(36)42-29-15-28-41(48(42)51-44-31-13-11-24-39(44)38-23-10-12-30-43(38)50-45)40-27-14-26-37(34-19-6-2-7-20-34)47(40)49-35-21-8-3-9-22-35/h1-32,49H. The summed E-state index contributed by atoms with van der Waals surface area (Å²) in [6.45, 7) is 0. The highest BCUT2D eigenvalue weighted by molar-refractivity contribution is 8.00. The zero-order chi connectivity index (χ0) is 34.0. The molecule has 0 amide bonds. The van der Waals surface area contributed by atoms with Crippen molar-refractivity contribution in [1.82, 2.24) is 0 Å². The Hall–Kier alpha value is -5.74. The van der Waals surface area contributed by atoms with Gasteiger partial charge < -0.3 is 5.32 Å². The number of hydrogen-bond donors (Lipinski definition) is 1. The summed E-state index contributed by atoms with van der Waals surface area (Å²) >= 11 is 3.73. The van der Waals surface area contributed by atoms with Crippen molar-refractivity contribution < 1.29 is 0 Å². The summed E-state index contributed by atoms with van der Waals surface area (Å²) in [5.41, 5.74) is 14.2. The SMILES string of the molecule is c1ccc(Nc2c(-c3ccccc3)cccc2-c2cccc3c2Sc2ccccc2-c2ccccc2Sc2cccc(-c4ccccc4)c2-3)cc1. The van der Waals surface area contributed by atoms with Crippen LogP contribution in [-0.4, -0.2) is 0 Å². The fourth-order valence-electron chi connectivity index (χ4n) is 7.03. The molecule has 8 aromatic rings. The summed E-state index contributed by atoms with van der Waals surface area (Å²) in [5, 5.41) is 3.87. The van der Waals surface area contributed by atoms with E-state index in [0.717, 1.165) is 22.5 Å². The molecule has 242 valence electrons. The molecular formula is C48H33NS2. The summed E-state index contributed by atoms with van der Waals surface area (Å²) in [6.07, 6.45) is 0. The number of fused-ring (bicyclic) bond motifs is 6. The van der Waals surface area contributed by atoms with Gasteiger partial charge in [0.2, 0.25) is 0 Å². The van der Waals surface area contributed by atoms with Crippen molar-refractivity contribution in [1.29, 1.82) is 0 Å². The van der Waals surface area contributed by atoms with E-state index in [2.05, 4.69) is 199 Å². The molecule has 0 saturated carbocycles. The third-order valence-electron chi connectivity index (χ3n) is 9.37. The molecule has 1 aliphatic rings. The average Bonchev–Trinajstić information content (AvgIpc) is 3.20. The molecule has 0 fully saturated rings. The quantitative estimate of drug-likeness (QED) is 0.193. The van der Waals surface area contributed by atoms with Gasteiger partial charge in [0, 0.05) is 42.0 Å². The Labute approximate surface area is 308 Å². The lowest BCUT2D eigenvalue weighted by Gasteiger charge is -2.25. The minimum Gasteiger partial charge on any atom is -0.355 e. The van der Waals surface area contributed by atoms with Crippen LogP contribution in [0.1, 0.15) is 0 Å². The molecule has 0 saturated heterocycles. The third-order valence-corrected chi connectivity index (χ3v) is 11.7. The molecule has 0 aliphatic carbocycles. The van der Waals surface area contributed by atoms with E-state index >= 15 is 0 Å². The Bertz CT molecular complexity index is 2490. The van der Waals surface area contributed by atoms with E-state index < -0.39 is 0 Å². The Morgan fingerprint density at radius 1 is 0.294 bits per heavy atom. The van der Waals surface area contributed by atoms with Crippen LogP contribution in [0, 0.1) is 0 Å². The summed E-state index contributed by atoms with van der Waals surface area (Å²) in [6, 6.07) is 70.0. The Kier molecular flexibility index (Phi) is 8.50. The van der Waals surface area contributed by atoms with Crippen molar-refractivity contribution in [3.05, 3.63) is 194 Å². The number of benzene rings is 8. The van der Waals surface area contributed by atoms with Crippen LogP contribution in [0.5, 0.6) is 0 Å². The topological polar surface area (TPSA) is 12.0 Å². The number of rotatable bonds is 5. The third kappa shape index (κ3) is 6.05. The van der Waals surface area contributed by atoms with E-state index in [9.17, 15) is 0 Å². The molecule has 1 heterocycles. The lowest BCUT2D eigenvalue weighted by atomic mass is 9.90. The van der Waals surface area contributed by atoms with Crippen LogP contribution in [0.2, 0.25) is 0 Å². The molecule has 1 nitrogen and oxygen atoms in total. The van der Waals surface area contributed by atoms with Crippen LogP contribution in [0.4, 0.5) is 11.4 Å². The minimum atomic E-state index is 1.05. The molecule has 0 spiro atoms. The molecule has 0 aromatic heterocycles. The lowest BCUT2D eigenvalue weighted by molar-refractivity contribution is 1.32. The van der Waals surface area contributed by atoms with Crippen molar-refractivity contribution in [2.75, 3.05) is 5.32 Å². The molecule has 8 aromatic carbocycles. The predicted molar refractivity (Wildman–Crippen MR) is 218 cm³/mol. The van der Waals surface area contributed by atoms with Crippen molar-refractivity contribution in [3.8, 4) is 55.6 Å². The largest absolute Gasteiger partial charge is 0.355 e. The van der Waals surface area contributed by atoms with Crippen LogP contribution in [0.3, 0.4) is 0 Å². The average molecular weight is 688 g/mol. The molecule has 0 unspecified atom stereocenters. The molecule has 1 N–H and O–H groups in total. The van der Waals surface area contributed by atoms with Gasteiger partial charge >= 0.3 is 0 Å². The van der Waals surface area contributed by atoms with Gasteiger partial charge in [-0.25, -0.2) is 0 Å². The minimum absolute atomic E-state index is 1.05. The first-order chi connectivity index (χ1) is 25.3. The zero-order valence-corrected chi connectivity index (χ0v) is 29.4. The van der Waals surface area contributed by atoms with E-state index in [1.165, 1.54) is 64.1 Å². The number of hydrogen-bond acceptors (Lipinski definition) is 3. The maximum absolute atomic E-state index is 3.87. The number of anilines is 2. The molecular weight excluding hydrogens is 655 g/mol. The normalized spacial score (nSPS) is 11.8. The van der Waals surface area contributed by atoms with Gasteiger partial charge in [0.05, 0.1) is 5.69 Å². The van der Waals surface area contributed by atoms with Gasteiger partial charge in [-0.15, -0.1) is 0 Å². The maximum Gasteiger partial charge on any atom is 0.0544 e. The molecule has 9 rings (SSSR count). The second-order valence-corrected chi connectivity index (χ2v) is 14.6.